The molecule has 0 aliphatic rings. The lowest BCUT2D eigenvalue weighted by Crippen LogP contribution is -1.98. The molecule has 0 bridgehead atoms. The number of fused-ring (bicyclic) bond motifs is 1. The standard InChI is InChI=1S/C58H90Br2N2OS/c1-3-5-7-9-11-13-15-17-19-21-23-25-27-29-31-33-35-37-39-49-40-42-50(43-41-49)53-54(62-56-55(61-53)57(59)64-58(56)60)51-44-46-52(47-45-51)63-48-38-36-34-32-30-28-26-24-22-20-18-16-14-12-10-8-6-4-2/h40-47H,3-39,48H2,1-2H3. The highest BCUT2D eigenvalue weighted by Crippen LogP contribution is 2.41. The van der Waals surface area contributed by atoms with Gasteiger partial charge < -0.3 is 4.74 Å². The number of aryl methyl sites for hydroxylation is 1. The molecule has 4 aromatic rings. The summed E-state index contributed by atoms with van der Waals surface area (Å²) in [4.78, 5) is 10.4. The molecule has 2 aromatic heterocycles. The molecule has 0 radical (unpaired) electrons. The molecule has 6 heteroatoms. The quantitative estimate of drug-likeness (QED) is 0.0416. The maximum Gasteiger partial charge on any atom is 0.119 e. The van der Waals surface area contributed by atoms with Gasteiger partial charge in [0.05, 0.1) is 25.6 Å². The fourth-order valence-electron chi connectivity index (χ4n) is 9.25. The smallest absolute Gasteiger partial charge is 0.119 e. The van der Waals surface area contributed by atoms with E-state index >= 15 is 0 Å². The molecule has 0 aliphatic heterocycles. The van der Waals surface area contributed by atoms with Gasteiger partial charge in [0.1, 0.15) is 16.8 Å². The van der Waals surface area contributed by atoms with Gasteiger partial charge in [-0.3, -0.25) is 0 Å². The Kier molecular flexibility index (Phi) is 31.1. The van der Waals surface area contributed by atoms with E-state index in [0.29, 0.717) is 0 Å². The average molecular weight is 1020 g/mol. The molecule has 64 heavy (non-hydrogen) atoms. The number of thiophene rings is 1. The summed E-state index contributed by atoms with van der Waals surface area (Å²) in [6.45, 7) is 5.38. The molecule has 0 saturated heterocycles. The van der Waals surface area contributed by atoms with Crippen molar-refractivity contribution in [2.75, 3.05) is 6.61 Å². The van der Waals surface area contributed by atoms with E-state index in [1.54, 1.807) is 11.3 Å². The van der Waals surface area contributed by atoms with Crippen molar-refractivity contribution in [1.82, 2.24) is 9.97 Å². The Morgan fingerprint density at radius 1 is 0.375 bits per heavy atom. The Labute approximate surface area is 414 Å². The lowest BCUT2D eigenvalue weighted by molar-refractivity contribution is 0.304. The molecule has 0 spiro atoms. The highest BCUT2D eigenvalue weighted by atomic mass is 79.9. The highest BCUT2D eigenvalue weighted by Gasteiger charge is 2.18. The molecule has 0 fully saturated rings. The Hall–Kier alpha value is -1.76. The zero-order chi connectivity index (χ0) is 45.1. The van der Waals surface area contributed by atoms with Gasteiger partial charge in [0.15, 0.2) is 0 Å². The van der Waals surface area contributed by atoms with E-state index in [0.717, 1.165) is 66.3 Å². The predicted molar refractivity (Wildman–Crippen MR) is 290 cm³/mol. The fraction of sp³-hybridized carbons (Fsp3) is 0.690. The molecule has 0 atom stereocenters. The van der Waals surface area contributed by atoms with E-state index < -0.39 is 0 Å². The number of nitrogens with zero attached hydrogens (tertiary/aromatic N) is 2. The second kappa shape index (κ2) is 36.3. The van der Waals surface area contributed by atoms with Crippen LogP contribution in [0.2, 0.25) is 0 Å². The minimum Gasteiger partial charge on any atom is -0.494 e. The third kappa shape index (κ3) is 23.3. The van der Waals surface area contributed by atoms with Crippen molar-refractivity contribution in [3.05, 3.63) is 61.7 Å². The molecule has 2 aromatic carbocycles. The predicted octanol–water partition coefficient (Wildman–Crippen LogP) is 21.6. The summed E-state index contributed by atoms with van der Waals surface area (Å²) in [5.74, 6) is 0.926. The van der Waals surface area contributed by atoms with Crippen molar-refractivity contribution in [2.24, 2.45) is 0 Å². The van der Waals surface area contributed by atoms with Gasteiger partial charge in [-0.25, -0.2) is 9.97 Å². The first-order chi connectivity index (χ1) is 31.6. The van der Waals surface area contributed by atoms with Gasteiger partial charge in [0, 0.05) is 11.1 Å². The monoisotopic (exact) mass is 1020 g/mol. The van der Waals surface area contributed by atoms with E-state index in [2.05, 4.69) is 94.2 Å². The van der Waals surface area contributed by atoms with Crippen LogP contribution < -0.4 is 4.74 Å². The summed E-state index contributed by atoms with van der Waals surface area (Å²) in [7, 11) is 0. The van der Waals surface area contributed by atoms with E-state index in [4.69, 9.17) is 14.7 Å². The van der Waals surface area contributed by atoms with Crippen LogP contribution in [0, 0.1) is 0 Å². The van der Waals surface area contributed by atoms with Crippen molar-refractivity contribution < 1.29 is 4.74 Å². The molecule has 0 N–H and O–H groups in total. The molecule has 0 saturated carbocycles. The van der Waals surface area contributed by atoms with E-state index in [1.807, 2.05) is 0 Å². The molecule has 0 aliphatic carbocycles. The Morgan fingerprint density at radius 2 is 0.672 bits per heavy atom. The third-order valence-electron chi connectivity index (χ3n) is 13.4. The summed E-state index contributed by atoms with van der Waals surface area (Å²) < 4.78 is 8.20. The van der Waals surface area contributed by atoms with Crippen LogP contribution in [0.4, 0.5) is 0 Å². The lowest BCUT2D eigenvalue weighted by Gasteiger charge is -2.12. The van der Waals surface area contributed by atoms with Gasteiger partial charge in [-0.15, -0.1) is 11.3 Å². The first-order valence-corrected chi connectivity index (χ1v) is 29.5. The summed E-state index contributed by atoms with van der Waals surface area (Å²) in [6, 6.07) is 17.6. The summed E-state index contributed by atoms with van der Waals surface area (Å²) in [5, 5.41) is 0. The van der Waals surface area contributed by atoms with Gasteiger partial charge >= 0.3 is 0 Å². The summed E-state index contributed by atoms with van der Waals surface area (Å²) in [5.41, 5.74) is 7.21. The Morgan fingerprint density at radius 3 is 1.02 bits per heavy atom. The van der Waals surface area contributed by atoms with Crippen LogP contribution in [0.3, 0.4) is 0 Å². The minimum absolute atomic E-state index is 0.775. The van der Waals surface area contributed by atoms with E-state index in [1.165, 1.54) is 230 Å². The maximum atomic E-state index is 6.20. The van der Waals surface area contributed by atoms with Crippen LogP contribution in [0.25, 0.3) is 33.5 Å². The average Bonchev–Trinajstić information content (AvgIpc) is 3.60. The molecule has 358 valence electrons. The molecular formula is C58H90Br2N2OS. The SMILES string of the molecule is CCCCCCCCCCCCCCCCCCCCOc1ccc(-c2nc3c(Br)sc(Br)c3nc2-c2ccc(CCCCCCCCCCCCCCCCCCCC)cc2)cc1. The van der Waals surface area contributed by atoms with Crippen LogP contribution in [0.1, 0.15) is 251 Å². The Balaban J connectivity index is 1.08. The number of rotatable bonds is 41. The molecular weight excluding hydrogens is 933 g/mol. The zero-order valence-electron chi connectivity index (χ0n) is 41.0. The first-order valence-electron chi connectivity index (χ1n) is 27.1. The number of aromatic nitrogens is 2. The van der Waals surface area contributed by atoms with Gasteiger partial charge in [0.25, 0.3) is 0 Å². The van der Waals surface area contributed by atoms with Crippen molar-refractivity contribution in [2.45, 2.75) is 251 Å². The Bertz CT molecular complexity index is 1720. The van der Waals surface area contributed by atoms with Crippen LogP contribution in [-0.2, 0) is 6.42 Å². The van der Waals surface area contributed by atoms with Gasteiger partial charge in [0.2, 0.25) is 0 Å². The second-order valence-corrected chi connectivity index (χ2v) is 22.8. The van der Waals surface area contributed by atoms with Crippen molar-refractivity contribution in [3.63, 3.8) is 0 Å². The largest absolute Gasteiger partial charge is 0.494 e. The topological polar surface area (TPSA) is 35.0 Å². The van der Waals surface area contributed by atoms with Crippen molar-refractivity contribution >= 4 is 54.2 Å². The highest BCUT2D eigenvalue weighted by molar-refractivity contribution is 9.12. The lowest BCUT2D eigenvalue weighted by atomic mass is 10.00. The molecule has 3 nitrogen and oxygen atoms in total. The normalized spacial score (nSPS) is 11.6. The van der Waals surface area contributed by atoms with Crippen LogP contribution in [0.15, 0.2) is 56.1 Å². The van der Waals surface area contributed by atoms with Crippen molar-refractivity contribution in [3.8, 4) is 28.3 Å². The van der Waals surface area contributed by atoms with Crippen molar-refractivity contribution in [1.29, 1.82) is 0 Å². The summed E-state index contributed by atoms with van der Waals surface area (Å²) >= 11 is 9.13. The van der Waals surface area contributed by atoms with E-state index in [9.17, 15) is 0 Å². The second-order valence-electron chi connectivity index (χ2n) is 19.1. The van der Waals surface area contributed by atoms with Gasteiger partial charge in [-0.1, -0.05) is 256 Å². The van der Waals surface area contributed by atoms with Crippen LogP contribution >= 0.6 is 43.2 Å². The third-order valence-corrected chi connectivity index (χ3v) is 15.9. The molecule has 2 heterocycles. The number of hydrogen-bond donors (Lipinski definition) is 0. The van der Waals surface area contributed by atoms with Gasteiger partial charge in [-0.2, -0.15) is 0 Å². The van der Waals surface area contributed by atoms with Crippen LogP contribution in [0.5, 0.6) is 5.75 Å². The first kappa shape index (κ1) is 54.8. The van der Waals surface area contributed by atoms with Gasteiger partial charge in [-0.05, 0) is 81.0 Å². The number of halogens is 2. The van der Waals surface area contributed by atoms with Crippen LogP contribution in [-0.4, -0.2) is 16.6 Å². The number of hydrogen-bond acceptors (Lipinski definition) is 4. The minimum atomic E-state index is 0.775. The number of unbranched alkanes of at least 4 members (excludes halogenated alkanes) is 34. The van der Waals surface area contributed by atoms with E-state index in [-0.39, 0.29) is 0 Å². The number of ether oxygens (including phenoxy) is 1. The molecule has 4 rings (SSSR count). The number of benzene rings is 2. The fourth-order valence-corrected chi connectivity index (χ4v) is 12.1. The molecule has 0 amide bonds. The maximum absolute atomic E-state index is 6.20. The summed E-state index contributed by atoms with van der Waals surface area (Å²) in [6.07, 6.45) is 51.7. The molecule has 0 unspecified atom stereocenters. The zero-order valence-corrected chi connectivity index (χ0v) is 44.9.